The number of hydrogen-bond acceptors (Lipinski definition) is 6. The number of nitrogens with zero attached hydrogens (tertiary/aromatic N) is 1. The molecule has 0 unspecified atom stereocenters. The Balaban J connectivity index is 1.91. The normalized spacial score (nSPS) is 10.8. The Hall–Kier alpha value is -3.59. The van der Waals surface area contributed by atoms with Crippen LogP contribution in [0.3, 0.4) is 0 Å². The highest BCUT2D eigenvalue weighted by molar-refractivity contribution is 6.40. The van der Waals surface area contributed by atoms with Crippen LogP contribution in [0.15, 0.2) is 41.5 Å². The summed E-state index contributed by atoms with van der Waals surface area (Å²) in [5.74, 6) is -1.24. The number of hydrogen-bond donors (Lipinski definition) is 3. The molecule has 0 fully saturated rings. The summed E-state index contributed by atoms with van der Waals surface area (Å²) in [4.78, 5) is 36.3. The summed E-state index contributed by atoms with van der Waals surface area (Å²) in [6.07, 6.45) is -0.107. The highest BCUT2D eigenvalue weighted by Gasteiger charge is 2.15. The molecule has 10 heteroatoms. The zero-order valence-corrected chi connectivity index (χ0v) is 18.3. The van der Waals surface area contributed by atoms with Crippen molar-refractivity contribution in [3.05, 3.63) is 47.0 Å². The monoisotopic (exact) mass is 446 g/mol. The van der Waals surface area contributed by atoms with Crippen molar-refractivity contribution in [1.82, 2.24) is 5.43 Å². The maximum absolute atomic E-state index is 12.3. The molecule has 0 radical (unpaired) electrons. The van der Waals surface area contributed by atoms with Gasteiger partial charge in [0.2, 0.25) is 5.91 Å². The number of anilines is 2. The second-order valence-electron chi connectivity index (χ2n) is 6.45. The topological polar surface area (TPSA) is 118 Å². The van der Waals surface area contributed by atoms with E-state index < -0.39 is 11.8 Å². The summed E-state index contributed by atoms with van der Waals surface area (Å²) in [6, 6.07) is 9.91. The molecule has 2 rings (SSSR count). The van der Waals surface area contributed by atoms with Crippen LogP contribution < -0.4 is 25.5 Å². The van der Waals surface area contributed by atoms with Gasteiger partial charge in [-0.2, -0.15) is 5.10 Å². The molecule has 2 aromatic carbocycles. The number of nitrogens with one attached hydrogen (secondary N) is 3. The Kier molecular flexibility index (Phi) is 8.39. The van der Waals surface area contributed by atoms with Gasteiger partial charge in [0.1, 0.15) is 11.5 Å². The van der Waals surface area contributed by atoms with Crippen LogP contribution in [0.5, 0.6) is 11.5 Å². The van der Waals surface area contributed by atoms with Crippen LogP contribution >= 0.6 is 11.6 Å². The Bertz CT molecular complexity index is 1020. The van der Waals surface area contributed by atoms with Gasteiger partial charge < -0.3 is 20.1 Å². The van der Waals surface area contributed by atoms with Gasteiger partial charge in [0, 0.05) is 22.5 Å². The molecule has 0 heterocycles. The van der Waals surface area contributed by atoms with E-state index in [9.17, 15) is 14.4 Å². The molecular formula is C21H23ClN4O5. The van der Waals surface area contributed by atoms with Crippen LogP contribution in [-0.2, 0) is 14.4 Å². The second-order valence-corrected chi connectivity index (χ2v) is 6.85. The van der Waals surface area contributed by atoms with Gasteiger partial charge in [-0.3, -0.25) is 14.4 Å². The van der Waals surface area contributed by atoms with Crippen molar-refractivity contribution in [3.63, 3.8) is 0 Å². The molecule has 0 aliphatic rings. The lowest BCUT2D eigenvalue weighted by atomic mass is 10.2. The first-order valence-electron chi connectivity index (χ1n) is 9.16. The van der Waals surface area contributed by atoms with Gasteiger partial charge in [-0.15, -0.1) is 0 Å². The summed E-state index contributed by atoms with van der Waals surface area (Å²) in [7, 11) is 3.00. The molecule has 0 bridgehead atoms. The minimum atomic E-state index is -0.976. The SMILES string of the molecule is COc1ccc(NC(=O)C/C(C)=N\NC(=O)C(=O)Nc2cccc(Cl)c2C)c(OC)c1. The van der Waals surface area contributed by atoms with Crippen molar-refractivity contribution in [1.29, 1.82) is 0 Å². The molecule has 9 nitrogen and oxygen atoms in total. The van der Waals surface area contributed by atoms with Gasteiger partial charge in [-0.25, -0.2) is 5.43 Å². The molecular weight excluding hydrogens is 424 g/mol. The second kappa shape index (κ2) is 11.0. The third-order valence-corrected chi connectivity index (χ3v) is 4.58. The Morgan fingerprint density at radius 1 is 1.00 bits per heavy atom. The van der Waals surface area contributed by atoms with Gasteiger partial charge in [0.25, 0.3) is 0 Å². The van der Waals surface area contributed by atoms with Gasteiger partial charge in [-0.05, 0) is 43.7 Å². The van der Waals surface area contributed by atoms with Crippen molar-refractivity contribution < 1.29 is 23.9 Å². The van der Waals surface area contributed by atoms with Crippen molar-refractivity contribution in [2.24, 2.45) is 5.10 Å². The minimum Gasteiger partial charge on any atom is -0.497 e. The maximum Gasteiger partial charge on any atom is 0.329 e. The van der Waals surface area contributed by atoms with Crippen LogP contribution in [0.2, 0.25) is 5.02 Å². The third-order valence-electron chi connectivity index (χ3n) is 4.17. The first-order chi connectivity index (χ1) is 14.7. The molecule has 0 atom stereocenters. The van der Waals surface area contributed by atoms with Gasteiger partial charge >= 0.3 is 11.8 Å². The molecule has 3 N–H and O–H groups in total. The predicted molar refractivity (Wildman–Crippen MR) is 119 cm³/mol. The van der Waals surface area contributed by atoms with Gasteiger partial charge in [0.15, 0.2) is 0 Å². The average molecular weight is 447 g/mol. The molecule has 3 amide bonds. The number of ether oxygens (including phenoxy) is 2. The molecule has 31 heavy (non-hydrogen) atoms. The molecule has 0 aromatic heterocycles. The van der Waals surface area contributed by atoms with Crippen molar-refractivity contribution in [2.45, 2.75) is 20.3 Å². The standard InChI is InChI=1S/C21H23ClN4O5/c1-12(10-19(27)23-17-9-8-14(30-3)11-18(17)31-4)25-26-21(29)20(28)24-16-7-5-6-15(22)13(16)2/h5-9,11H,10H2,1-4H3,(H,23,27)(H,24,28)(H,26,29)/b25-12-. The van der Waals surface area contributed by atoms with E-state index in [2.05, 4.69) is 21.2 Å². The van der Waals surface area contributed by atoms with Crippen LogP contribution in [-0.4, -0.2) is 37.7 Å². The summed E-state index contributed by atoms with van der Waals surface area (Å²) >= 11 is 5.99. The summed E-state index contributed by atoms with van der Waals surface area (Å²) in [5.41, 5.74) is 3.93. The van der Waals surface area contributed by atoms with Crippen LogP contribution in [0, 0.1) is 6.92 Å². The van der Waals surface area contributed by atoms with E-state index in [0.717, 1.165) is 0 Å². The Morgan fingerprint density at radius 2 is 1.74 bits per heavy atom. The lowest BCUT2D eigenvalue weighted by Crippen LogP contribution is -2.33. The van der Waals surface area contributed by atoms with Crippen LogP contribution in [0.25, 0.3) is 0 Å². The molecule has 0 aliphatic carbocycles. The fourth-order valence-corrected chi connectivity index (χ4v) is 2.66. The fraction of sp³-hybridized carbons (Fsp3) is 0.238. The highest BCUT2D eigenvalue weighted by atomic mass is 35.5. The predicted octanol–water partition coefficient (Wildman–Crippen LogP) is 3.13. The Labute approximate surface area is 184 Å². The number of benzene rings is 2. The van der Waals surface area contributed by atoms with Gasteiger partial charge in [-0.1, -0.05) is 17.7 Å². The molecule has 0 saturated heterocycles. The molecule has 164 valence electrons. The van der Waals surface area contributed by atoms with Crippen molar-refractivity contribution in [2.75, 3.05) is 24.9 Å². The van der Waals surface area contributed by atoms with E-state index in [-0.39, 0.29) is 12.3 Å². The van der Waals surface area contributed by atoms with E-state index in [4.69, 9.17) is 21.1 Å². The summed E-state index contributed by atoms with van der Waals surface area (Å²) < 4.78 is 10.3. The van der Waals surface area contributed by atoms with Crippen molar-refractivity contribution in [3.8, 4) is 11.5 Å². The molecule has 0 saturated carbocycles. The summed E-state index contributed by atoms with van der Waals surface area (Å²) in [6.45, 7) is 3.26. The zero-order chi connectivity index (χ0) is 23.0. The van der Waals surface area contributed by atoms with E-state index in [1.807, 2.05) is 0 Å². The van der Waals surface area contributed by atoms with E-state index in [1.54, 1.807) is 50.2 Å². The largest absolute Gasteiger partial charge is 0.497 e. The lowest BCUT2D eigenvalue weighted by molar-refractivity contribution is -0.136. The number of amides is 3. The van der Waals surface area contributed by atoms with E-state index >= 15 is 0 Å². The van der Waals surface area contributed by atoms with Gasteiger partial charge in [0.05, 0.1) is 26.3 Å². The van der Waals surface area contributed by atoms with E-state index in [0.29, 0.717) is 39.2 Å². The van der Waals surface area contributed by atoms with Crippen molar-refractivity contribution >= 4 is 46.4 Å². The third kappa shape index (κ3) is 6.71. The number of hydrazone groups is 1. The highest BCUT2D eigenvalue weighted by Crippen LogP contribution is 2.29. The first-order valence-corrected chi connectivity index (χ1v) is 9.54. The fourth-order valence-electron chi connectivity index (χ4n) is 2.49. The number of halogens is 1. The number of rotatable bonds is 7. The zero-order valence-electron chi connectivity index (χ0n) is 17.5. The number of carbonyl (C=O) groups excluding carboxylic acids is 3. The Morgan fingerprint density at radius 3 is 2.42 bits per heavy atom. The van der Waals surface area contributed by atoms with Crippen LogP contribution in [0.1, 0.15) is 18.9 Å². The first kappa shape index (κ1) is 23.7. The lowest BCUT2D eigenvalue weighted by Gasteiger charge is -2.11. The van der Waals surface area contributed by atoms with E-state index in [1.165, 1.54) is 14.2 Å². The number of carbonyl (C=O) groups is 3. The molecule has 0 aliphatic heterocycles. The quantitative estimate of drug-likeness (QED) is 0.343. The molecule has 2 aromatic rings. The molecule has 0 spiro atoms. The number of methoxy groups -OCH3 is 2. The van der Waals surface area contributed by atoms with Crippen LogP contribution in [0.4, 0.5) is 11.4 Å². The average Bonchev–Trinajstić information content (AvgIpc) is 2.75. The smallest absolute Gasteiger partial charge is 0.329 e. The maximum atomic E-state index is 12.3. The minimum absolute atomic E-state index is 0.107. The summed E-state index contributed by atoms with van der Waals surface area (Å²) in [5, 5.41) is 9.42.